The molecule has 1 rings (SSSR count). The van der Waals surface area contributed by atoms with E-state index in [2.05, 4.69) is 10.3 Å². The number of sulfone groups is 1. The normalized spacial score (nSPS) is 11.9. The molecule has 0 radical (unpaired) electrons. The molecule has 0 saturated carbocycles. The van der Waals surface area contributed by atoms with Crippen LogP contribution in [-0.4, -0.2) is 37.0 Å². The second-order valence-electron chi connectivity index (χ2n) is 3.62. The van der Waals surface area contributed by atoms with Crippen LogP contribution in [0.2, 0.25) is 0 Å². The molecule has 0 aliphatic rings. The second kappa shape index (κ2) is 5.27. The van der Waals surface area contributed by atoms with Crippen molar-refractivity contribution in [2.24, 2.45) is 0 Å². The van der Waals surface area contributed by atoms with Crippen LogP contribution < -0.4 is 5.32 Å². The van der Waals surface area contributed by atoms with Crippen LogP contribution in [0.3, 0.4) is 0 Å². The Morgan fingerprint density at radius 3 is 2.87 bits per heavy atom. The molecule has 0 spiro atoms. The molecule has 0 unspecified atom stereocenters. The third-order valence-electron chi connectivity index (χ3n) is 1.98. The largest absolute Gasteiger partial charge is 0.337 e. The van der Waals surface area contributed by atoms with Crippen molar-refractivity contribution >= 4 is 9.84 Å². The Bertz CT molecular complexity index is 397. The average Bonchev–Trinajstić information content (AvgIpc) is 2.51. The standard InChI is InChI=1S/C9H17N3O2S/c1-10-6-9-7-12(8-11-9)4-3-5-15(2,13)14/h7-8,10H,3-6H2,1-2H3. The number of rotatable bonds is 6. The number of hydrogen-bond acceptors (Lipinski definition) is 4. The van der Waals surface area contributed by atoms with Crippen molar-refractivity contribution in [2.45, 2.75) is 19.5 Å². The van der Waals surface area contributed by atoms with Gasteiger partial charge >= 0.3 is 0 Å². The number of aromatic nitrogens is 2. The highest BCUT2D eigenvalue weighted by Gasteiger charge is 2.02. The molecule has 1 aromatic rings. The summed E-state index contributed by atoms with van der Waals surface area (Å²) in [6, 6.07) is 0. The van der Waals surface area contributed by atoms with Crippen LogP contribution in [0.4, 0.5) is 0 Å². The quantitative estimate of drug-likeness (QED) is 0.750. The Morgan fingerprint density at radius 1 is 1.53 bits per heavy atom. The maximum atomic E-state index is 10.9. The molecule has 0 aliphatic heterocycles. The molecule has 6 heteroatoms. The summed E-state index contributed by atoms with van der Waals surface area (Å²) in [6.07, 6.45) is 5.55. The monoisotopic (exact) mass is 231 g/mol. The Balaban J connectivity index is 2.38. The van der Waals surface area contributed by atoms with Crippen LogP contribution in [0.15, 0.2) is 12.5 Å². The van der Waals surface area contributed by atoms with Crippen LogP contribution in [0, 0.1) is 0 Å². The van der Waals surface area contributed by atoms with E-state index in [0.717, 1.165) is 12.2 Å². The maximum absolute atomic E-state index is 10.9. The lowest BCUT2D eigenvalue weighted by Gasteiger charge is -2.00. The van der Waals surface area contributed by atoms with Crippen LogP contribution >= 0.6 is 0 Å². The Kier molecular flexibility index (Phi) is 4.28. The first kappa shape index (κ1) is 12.2. The molecule has 0 fully saturated rings. The molecular weight excluding hydrogens is 214 g/mol. The van der Waals surface area contributed by atoms with Gasteiger partial charge < -0.3 is 9.88 Å². The van der Waals surface area contributed by atoms with Gasteiger partial charge in [-0.3, -0.25) is 0 Å². The summed E-state index contributed by atoms with van der Waals surface area (Å²) in [4.78, 5) is 4.17. The molecule has 1 N–H and O–H groups in total. The van der Waals surface area contributed by atoms with Gasteiger partial charge in [-0.05, 0) is 13.5 Å². The van der Waals surface area contributed by atoms with Gasteiger partial charge in [0.25, 0.3) is 0 Å². The van der Waals surface area contributed by atoms with Gasteiger partial charge in [0.05, 0.1) is 17.8 Å². The van der Waals surface area contributed by atoms with Gasteiger partial charge in [-0.1, -0.05) is 0 Å². The summed E-state index contributed by atoms with van der Waals surface area (Å²) < 4.78 is 23.7. The molecule has 1 aromatic heterocycles. The minimum atomic E-state index is -2.84. The molecule has 0 bridgehead atoms. The van der Waals surface area contributed by atoms with Gasteiger partial charge in [-0.25, -0.2) is 13.4 Å². The van der Waals surface area contributed by atoms with Gasteiger partial charge in [0.2, 0.25) is 0 Å². The van der Waals surface area contributed by atoms with Gasteiger partial charge in [0.1, 0.15) is 9.84 Å². The topological polar surface area (TPSA) is 64.0 Å². The molecule has 1 heterocycles. The van der Waals surface area contributed by atoms with Crippen molar-refractivity contribution in [1.82, 2.24) is 14.9 Å². The fraction of sp³-hybridized carbons (Fsp3) is 0.667. The van der Waals surface area contributed by atoms with Crippen molar-refractivity contribution in [2.75, 3.05) is 19.1 Å². The summed E-state index contributed by atoms with van der Waals surface area (Å²) >= 11 is 0. The zero-order valence-electron chi connectivity index (χ0n) is 9.10. The highest BCUT2D eigenvalue weighted by atomic mass is 32.2. The van der Waals surface area contributed by atoms with E-state index in [1.807, 2.05) is 17.8 Å². The molecule has 5 nitrogen and oxygen atoms in total. The van der Waals surface area contributed by atoms with Gasteiger partial charge in [0.15, 0.2) is 0 Å². The number of nitrogens with one attached hydrogen (secondary N) is 1. The zero-order valence-corrected chi connectivity index (χ0v) is 9.92. The van der Waals surface area contributed by atoms with E-state index in [4.69, 9.17) is 0 Å². The van der Waals surface area contributed by atoms with Crippen LogP contribution in [0.25, 0.3) is 0 Å². The van der Waals surface area contributed by atoms with Crippen LogP contribution in [-0.2, 0) is 22.9 Å². The van der Waals surface area contributed by atoms with E-state index in [9.17, 15) is 8.42 Å². The minimum absolute atomic E-state index is 0.229. The average molecular weight is 231 g/mol. The SMILES string of the molecule is CNCc1cn(CCCS(C)(=O)=O)cn1. The minimum Gasteiger partial charge on any atom is -0.337 e. The molecule has 0 aliphatic carbocycles. The summed E-state index contributed by atoms with van der Waals surface area (Å²) in [5.74, 6) is 0.229. The molecule has 0 amide bonds. The van der Waals surface area contributed by atoms with E-state index < -0.39 is 9.84 Å². The highest BCUT2D eigenvalue weighted by molar-refractivity contribution is 7.90. The van der Waals surface area contributed by atoms with Gasteiger partial charge in [-0.2, -0.15) is 0 Å². The van der Waals surface area contributed by atoms with Crippen molar-refractivity contribution in [3.05, 3.63) is 18.2 Å². The van der Waals surface area contributed by atoms with Crippen molar-refractivity contribution in [3.63, 3.8) is 0 Å². The van der Waals surface area contributed by atoms with E-state index in [1.165, 1.54) is 6.26 Å². The lowest BCUT2D eigenvalue weighted by Crippen LogP contribution is -2.07. The Morgan fingerprint density at radius 2 is 2.27 bits per heavy atom. The maximum Gasteiger partial charge on any atom is 0.147 e. The molecule has 0 saturated heterocycles. The van der Waals surface area contributed by atoms with E-state index in [0.29, 0.717) is 13.0 Å². The van der Waals surface area contributed by atoms with Crippen molar-refractivity contribution in [1.29, 1.82) is 0 Å². The predicted molar refractivity (Wildman–Crippen MR) is 59.3 cm³/mol. The first-order valence-corrected chi connectivity index (χ1v) is 6.90. The van der Waals surface area contributed by atoms with Crippen molar-refractivity contribution < 1.29 is 8.42 Å². The van der Waals surface area contributed by atoms with Gasteiger partial charge in [0, 0.05) is 25.5 Å². The fourth-order valence-electron chi connectivity index (χ4n) is 1.31. The third-order valence-corrected chi connectivity index (χ3v) is 3.01. The van der Waals surface area contributed by atoms with Crippen LogP contribution in [0.1, 0.15) is 12.1 Å². The third kappa shape index (κ3) is 4.94. The first-order valence-electron chi connectivity index (χ1n) is 4.84. The summed E-state index contributed by atoms with van der Waals surface area (Å²) in [7, 11) is -0.980. The first-order chi connectivity index (χ1) is 7.01. The van der Waals surface area contributed by atoms with E-state index in [1.54, 1.807) is 6.33 Å². The lowest BCUT2D eigenvalue weighted by atomic mass is 10.4. The number of nitrogens with zero attached hydrogens (tertiary/aromatic N) is 2. The molecule has 0 aromatic carbocycles. The number of imidazole rings is 1. The van der Waals surface area contributed by atoms with E-state index >= 15 is 0 Å². The lowest BCUT2D eigenvalue weighted by molar-refractivity contribution is 0.592. The zero-order chi connectivity index (χ0) is 11.3. The Labute approximate surface area is 90.4 Å². The molecule has 86 valence electrons. The predicted octanol–water partition coefficient (Wildman–Crippen LogP) is 0.0372. The van der Waals surface area contributed by atoms with E-state index in [-0.39, 0.29) is 5.75 Å². The number of hydrogen-bond donors (Lipinski definition) is 1. The fourth-order valence-corrected chi connectivity index (χ4v) is 1.96. The van der Waals surface area contributed by atoms with Crippen molar-refractivity contribution in [3.8, 4) is 0 Å². The highest BCUT2D eigenvalue weighted by Crippen LogP contribution is 1.98. The Hall–Kier alpha value is -0.880. The second-order valence-corrected chi connectivity index (χ2v) is 5.88. The summed E-state index contributed by atoms with van der Waals surface area (Å²) in [5, 5.41) is 3.01. The number of aryl methyl sites for hydroxylation is 1. The smallest absolute Gasteiger partial charge is 0.147 e. The summed E-state index contributed by atoms with van der Waals surface area (Å²) in [5.41, 5.74) is 0.969. The van der Waals surface area contributed by atoms with Crippen LogP contribution in [0.5, 0.6) is 0 Å². The molecule has 0 atom stereocenters. The molecule has 15 heavy (non-hydrogen) atoms. The van der Waals surface area contributed by atoms with Gasteiger partial charge in [-0.15, -0.1) is 0 Å². The summed E-state index contributed by atoms with van der Waals surface area (Å²) in [6.45, 7) is 1.43. The molecular formula is C9H17N3O2S.